The van der Waals surface area contributed by atoms with Crippen molar-refractivity contribution in [3.8, 4) is 0 Å². The van der Waals surface area contributed by atoms with Crippen LogP contribution in [0.4, 0.5) is 0 Å². The van der Waals surface area contributed by atoms with Crippen LogP contribution in [-0.4, -0.2) is 28.4 Å². The SMILES string of the molecule is OCCc1ccnc(CCO)c1. The van der Waals surface area contributed by atoms with E-state index in [4.69, 9.17) is 10.2 Å². The van der Waals surface area contributed by atoms with E-state index in [0.717, 1.165) is 11.3 Å². The third-order valence-electron chi connectivity index (χ3n) is 1.65. The summed E-state index contributed by atoms with van der Waals surface area (Å²) in [6.45, 7) is 0.276. The Balaban J connectivity index is 2.67. The van der Waals surface area contributed by atoms with Crippen LogP contribution in [-0.2, 0) is 12.8 Å². The maximum absolute atomic E-state index is 8.67. The van der Waals surface area contributed by atoms with Crippen molar-refractivity contribution in [3.63, 3.8) is 0 Å². The average Bonchev–Trinajstić information content (AvgIpc) is 2.06. The molecule has 3 nitrogen and oxygen atoms in total. The summed E-state index contributed by atoms with van der Waals surface area (Å²) in [7, 11) is 0. The molecule has 66 valence electrons. The average molecular weight is 167 g/mol. The highest BCUT2D eigenvalue weighted by atomic mass is 16.3. The van der Waals surface area contributed by atoms with Crippen molar-refractivity contribution >= 4 is 0 Å². The van der Waals surface area contributed by atoms with Gasteiger partial charge in [0.25, 0.3) is 0 Å². The lowest BCUT2D eigenvalue weighted by Crippen LogP contribution is -1.97. The van der Waals surface area contributed by atoms with Crippen LogP contribution in [0.5, 0.6) is 0 Å². The van der Waals surface area contributed by atoms with E-state index in [-0.39, 0.29) is 13.2 Å². The van der Waals surface area contributed by atoms with Crippen LogP contribution in [0.2, 0.25) is 0 Å². The number of aliphatic hydroxyl groups excluding tert-OH is 2. The Bertz CT molecular complexity index is 216. The van der Waals surface area contributed by atoms with Crippen LogP contribution in [0.1, 0.15) is 11.3 Å². The second-order valence-electron chi connectivity index (χ2n) is 2.60. The van der Waals surface area contributed by atoms with Gasteiger partial charge in [0.1, 0.15) is 0 Å². The fourth-order valence-corrected chi connectivity index (χ4v) is 1.06. The second-order valence-corrected chi connectivity index (χ2v) is 2.60. The molecule has 0 atom stereocenters. The van der Waals surface area contributed by atoms with Gasteiger partial charge in [0, 0.05) is 31.5 Å². The molecular formula is C9H13NO2. The normalized spacial score (nSPS) is 10.2. The van der Waals surface area contributed by atoms with Gasteiger partial charge in [0.05, 0.1) is 0 Å². The Morgan fingerprint density at radius 1 is 1.17 bits per heavy atom. The smallest absolute Gasteiger partial charge is 0.0486 e. The monoisotopic (exact) mass is 167 g/mol. The van der Waals surface area contributed by atoms with Crippen LogP contribution < -0.4 is 0 Å². The number of nitrogens with zero attached hydrogens (tertiary/aromatic N) is 1. The lowest BCUT2D eigenvalue weighted by molar-refractivity contribution is 0.297. The summed E-state index contributed by atoms with van der Waals surface area (Å²) in [5.74, 6) is 0. The van der Waals surface area contributed by atoms with Crippen LogP contribution in [0, 0.1) is 0 Å². The van der Waals surface area contributed by atoms with E-state index in [9.17, 15) is 0 Å². The lowest BCUT2D eigenvalue weighted by Gasteiger charge is -2.00. The minimum Gasteiger partial charge on any atom is -0.396 e. The summed E-state index contributed by atoms with van der Waals surface area (Å²) in [5, 5.41) is 17.3. The fourth-order valence-electron chi connectivity index (χ4n) is 1.06. The molecule has 1 aromatic rings. The fraction of sp³-hybridized carbons (Fsp3) is 0.444. The summed E-state index contributed by atoms with van der Waals surface area (Å²) < 4.78 is 0. The van der Waals surface area contributed by atoms with Gasteiger partial charge in [-0.25, -0.2) is 0 Å². The van der Waals surface area contributed by atoms with Gasteiger partial charge in [-0.3, -0.25) is 4.98 Å². The number of rotatable bonds is 4. The molecule has 0 bridgehead atoms. The standard InChI is InChI=1S/C9H13NO2/c11-5-2-8-1-4-10-9(7-8)3-6-12/h1,4,7,11-12H,2-3,5-6H2. The Morgan fingerprint density at radius 3 is 2.58 bits per heavy atom. The molecule has 0 aliphatic rings. The highest BCUT2D eigenvalue weighted by Gasteiger charge is 1.95. The zero-order valence-corrected chi connectivity index (χ0v) is 6.90. The van der Waals surface area contributed by atoms with Crippen molar-refractivity contribution in [3.05, 3.63) is 29.6 Å². The van der Waals surface area contributed by atoms with Gasteiger partial charge < -0.3 is 10.2 Å². The van der Waals surface area contributed by atoms with Crippen LogP contribution >= 0.6 is 0 Å². The quantitative estimate of drug-likeness (QED) is 0.671. The molecule has 0 saturated carbocycles. The van der Waals surface area contributed by atoms with Crippen molar-refractivity contribution in [1.82, 2.24) is 4.98 Å². The van der Waals surface area contributed by atoms with Crippen molar-refractivity contribution in [2.24, 2.45) is 0 Å². The molecule has 1 rings (SSSR count). The molecule has 0 aromatic carbocycles. The molecule has 0 spiro atoms. The molecule has 0 fully saturated rings. The molecule has 0 amide bonds. The zero-order chi connectivity index (χ0) is 8.81. The molecule has 1 aromatic heterocycles. The summed E-state index contributed by atoms with van der Waals surface area (Å²) in [6.07, 6.45) is 2.94. The summed E-state index contributed by atoms with van der Waals surface area (Å²) in [6, 6.07) is 3.78. The summed E-state index contributed by atoms with van der Waals surface area (Å²) in [5.41, 5.74) is 1.94. The van der Waals surface area contributed by atoms with Crippen molar-refractivity contribution in [2.45, 2.75) is 12.8 Å². The Hall–Kier alpha value is -0.930. The number of hydrogen-bond donors (Lipinski definition) is 2. The van der Waals surface area contributed by atoms with E-state index in [2.05, 4.69) is 4.98 Å². The second kappa shape index (κ2) is 4.85. The number of aromatic nitrogens is 1. The zero-order valence-electron chi connectivity index (χ0n) is 6.90. The molecule has 2 N–H and O–H groups in total. The third-order valence-corrected chi connectivity index (χ3v) is 1.65. The molecular weight excluding hydrogens is 154 g/mol. The van der Waals surface area contributed by atoms with Crippen molar-refractivity contribution < 1.29 is 10.2 Å². The molecule has 0 radical (unpaired) electrons. The molecule has 0 saturated heterocycles. The highest BCUT2D eigenvalue weighted by Crippen LogP contribution is 2.02. The van der Waals surface area contributed by atoms with E-state index in [0.29, 0.717) is 12.8 Å². The summed E-state index contributed by atoms with van der Waals surface area (Å²) >= 11 is 0. The molecule has 0 aliphatic heterocycles. The van der Waals surface area contributed by atoms with Crippen LogP contribution in [0.3, 0.4) is 0 Å². The number of pyridine rings is 1. The van der Waals surface area contributed by atoms with Crippen LogP contribution in [0.15, 0.2) is 18.3 Å². The van der Waals surface area contributed by atoms with E-state index < -0.39 is 0 Å². The summed E-state index contributed by atoms with van der Waals surface area (Å²) in [4.78, 5) is 4.07. The van der Waals surface area contributed by atoms with E-state index in [1.807, 2.05) is 12.1 Å². The van der Waals surface area contributed by atoms with Gasteiger partial charge in [-0.1, -0.05) is 0 Å². The van der Waals surface area contributed by atoms with Crippen LogP contribution in [0.25, 0.3) is 0 Å². The minimum atomic E-state index is 0.121. The predicted molar refractivity (Wildman–Crippen MR) is 45.8 cm³/mol. The largest absolute Gasteiger partial charge is 0.396 e. The Morgan fingerprint density at radius 2 is 1.92 bits per heavy atom. The predicted octanol–water partition coefficient (Wildman–Crippen LogP) is 0.151. The topological polar surface area (TPSA) is 53.4 Å². The van der Waals surface area contributed by atoms with Gasteiger partial charge in [-0.2, -0.15) is 0 Å². The molecule has 1 heterocycles. The van der Waals surface area contributed by atoms with Gasteiger partial charge in [-0.15, -0.1) is 0 Å². The first kappa shape index (κ1) is 9.16. The molecule has 3 heteroatoms. The maximum atomic E-state index is 8.67. The Kier molecular flexibility index (Phi) is 3.70. The first-order chi connectivity index (χ1) is 5.86. The number of aliphatic hydroxyl groups is 2. The highest BCUT2D eigenvalue weighted by molar-refractivity contribution is 5.16. The van der Waals surface area contributed by atoms with E-state index in [1.165, 1.54) is 0 Å². The molecule has 0 aliphatic carbocycles. The third kappa shape index (κ3) is 2.60. The van der Waals surface area contributed by atoms with Crippen molar-refractivity contribution in [2.75, 3.05) is 13.2 Å². The number of hydrogen-bond acceptors (Lipinski definition) is 3. The first-order valence-electron chi connectivity index (χ1n) is 4.02. The molecule has 12 heavy (non-hydrogen) atoms. The first-order valence-corrected chi connectivity index (χ1v) is 4.02. The maximum Gasteiger partial charge on any atom is 0.0486 e. The molecule has 0 unspecified atom stereocenters. The van der Waals surface area contributed by atoms with Gasteiger partial charge in [-0.05, 0) is 24.1 Å². The lowest BCUT2D eigenvalue weighted by atomic mass is 10.1. The minimum absolute atomic E-state index is 0.121. The Labute approximate surface area is 71.7 Å². The van der Waals surface area contributed by atoms with Gasteiger partial charge in [0.2, 0.25) is 0 Å². The van der Waals surface area contributed by atoms with E-state index in [1.54, 1.807) is 6.20 Å². The van der Waals surface area contributed by atoms with Gasteiger partial charge >= 0.3 is 0 Å². The van der Waals surface area contributed by atoms with Gasteiger partial charge in [0.15, 0.2) is 0 Å². The van der Waals surface area contributed by atoms with E-state index >= 15 is 0 Å². The van der Waals surface area contributed by atoms with Crippen molar-refractivity contribution in [1.29, 1.82) is 0 Å².